The van der Waals surface area contributed by atoms with Crippen LogP contribution in [0.5, 0.6) is 0 Å². The van der Waals surface area contributed by atoms with Gasteiger partial charge in [0.2, 0.25) is 5.91 Å². The number of nitrogens with zero attached hydrogens (tertiary/aromatic N) is 4. The fraction of sp³-hybridized carbons (Fsp3) is 0.545. The molecule has 1 atom stereocenters. The summed E-state index contributed by atoms with van der Waals surface area (Å²) in [5.41, 5.74) is 2.59. The zero-order valence-corrected chi connectivity index (χ0v) is 16.9. The summed E-state index contributed by atoms with van der Waals surface area (Å²) in [6, 6.07) is 9.06. The maximum atomic E-state index is 12.9. The van der Waals surface area contributed by atoms with E-state index in [0.29, 0.717) is 6.42 Å². The quantitative estimate of drug-likeness (QED) is 0.747. The number of amides is 1. The number of carbonyl (C=O) groups is 1. The summed E-state index contributed by atoms with van der Waals surface area (Å²) >= 11 is 0. The zero-order chi connectivity index (χ0) is 19.2. The number of aromatic nitrogens is 2. The maximum absolute atomic E-state index is 12.9. The predicted molar refractivity (Wildman–Crippen MR) is 108 cm³/mol. The number of likely N-dealkylation sites (tertiary alicyclic amines) is 1. The van der Waals surface area contributed by atoms with Crippen LogP contribution >= 0.6 is 0 Å². The van der Waals surface area contributed by atoms with Crippen molar-refractivity contribution < 1.29 is 4.79 Å². The van der Waals surface area contributed by atoms with E-state index in [1.54, 1.807) is 0 Å². The minimum absolute atomic E-state index is 0.231. The van der Waals surface area contributed by atoms with Gasteiger partial charge in [-0.3, -0.25) is 4.79 Å². The van der Waals surface area contributed by atoms with Crippen LogP contribution in [-0.4, -0.2) is 45.9 Å². The molecule has 0 aliphatic carbocycles. The summed E-state index contributed by atoms with van der Waals surface area (Å²) in [6.07, 6.45) is 8.65. The number of carbonyl (C=O) groups excluding carboxylic acids is 1. The van der Waals surface area contributed by atoms with Gasteiger partial charge in [-0.05, 0) is 57.8 Å². The minimum Gasteiger partial charge on any atom is -0.336 e. The standard InChI is InChI=1S/C22H32N4O/c1-18-23-13-16-25(18)14-6-8-22(27)26-15-5-4-7-21(26)20-11-9-19(10-12-20)17-24(2)3/h9-13,16,21H,4-8,14-15,17H2,1-3H3. The summed E-state index contributed by atoms with van der Waals surface area (Å²) in [5.74, 6) is 1.30. The van der Waals surface area contributed by atoms with Gasteiger partial charge < -0.3 is 14.4 Å². The SMILES string of the molecule is Cc1nccn1CCCC(=O)N1CCCCC1c1ccc(CN(C)C)cc1. The number of benzene rings is 1. The fourth-order valence-corrected chi connectivity index (χ4v) is 3.97. The molecule has 1 aromatic carbocycles. The average Bonchev–Trinajstić information content (AvgIpc) is 3.07. The molecule has 2 aromatic rings. The van der Waals surface area contributed by atoms with Crippen molar-refractivity contribution in [3.05, 3.63) is 53.6 Å². The van der Waals surface area contributed by atoms with Crippen molar-refractivity contribution in [2.24, 2.45) is 0 Å². The molecule has 0 saturated carbocycles. The van der Waals surface area contributed by atoms with Crippen molar-refractivity contribution in [2.75, 3.05) is 20.6 Å². The van der Waals surface area contributed by atoms with Gasteiger partial charge in [-0.15, -0.1) is 0 Å². The highest BCUT2D eigenvalue weighted by Gasteiger charge is 2.27. The molecule has 0 spiro atoms. The van der Waals surface area contributed by atoms with Crippen LogP contribution in [0.25, 0.3) is 0 Å². The molecule has 0 N–H and O–H groups in total. The fourth-order valence-electron chi connectivity index (χ4n) is 3.97. The highest BCUT2D eigenvalue weighted by molar-refractivity contribution is 5.76. The molecular weight excluding hydrogens is 336 g/mol. The van der Waals surface area contributed by atoms with Gasteiger partial charge in [0.15, 0.2) is 0 Å². The van der Waals surface area contributed by atoms with Gasteiger partial charge in [0.25, 0.3) is 0 Å². The largest absolute Gasteiger partial charge is 0.336 e. The second-order valence-electron chi connectivity index (χ2n) is 7.85. The van der Waals surface area contributed by atoms with Crippen molar-refractivity contribution >= 4 is 5.91 Å². The molecule has 146 valence electrons. The Morgan fingerprint density at radius 2 is 2.00 bits per heavy atom. The highest BCUT2D eigenvalue weighted by atomic mass is 16.2. The molecule has 5 heteroatoms. The van der Waals surface area contributed by atoms with Crippen LogP contribution in [-0.2, 0) is 17.9 Å². The molecule has 0 radical (unpaired) electrons. The van der Waals surface area contributed by atoms with E-state index in [1.165, 1.54) is 17.5 Å². The first-order valence-electron chi connectivity index (χ1n) is 10.1. The third-order valence-electron chi connectivity index (χ3n) is 5.40. The van der Waals surface area contributed by atoms with Crippen LogP contribution in [0.3, 0.4) is 0 Å². The van der Waals surface area contributed by atoms with Gasteiger partial charge in [0, 0.05) is 38.4 Å². The monoisotopic (exact) mass is 368 g/mol. The van der Waals surface area contributed by atoms with Crippen LogP contribution in [0.1, 0.15) is 55.1 Å². The van der Waals surface area contributed by atoms with E-state index in [9.17, 15) is 4.79 Å². The molecule has 2 heterocycles. The van der Waals surface area contributed by atoms with Crippen molar-refractivity contribution in [3.8, 4) is 0 Å². The zero-order valence-electron chi connectivity index (χ0n) is 16.9. The molecule has 1 aliphatic heterocycles. The molecule has 1 fully saturated rings. The van der Waals surface area contributed by atoms with Crippen LogP contribution in [0, 0.1) is 6.92 Å². The van der Waals surface area contributed by atoms with Crippen LogP contribution in [0.4, 0.5) is 0 Å². The molecule has 0 bridgehead atoms. The van der Waals surface area contributed by atoms with Crippen molar-refractivity contribution in [1.29, 1.82) is 0 Å². The van der Waals surface area contributed by atoms with E-state index < -0.39 is 0 Å². The van der Waals surface area contributed by atoms with Crippen molar-refractivity contribution in [2.45, 2.75) is 58.2 Å². The first kappa shape index (κ1) is 19.6. The van der Waals surface area contributed by atoms with Crippen molar-refractivity contribution in [3.63, 3.8) is 0 Å². The Balaban J connectivity index is 1.60. The first-order valence-corrected chi connectivity index (χ1v) is 10.1. The molecule has 1 amide bonds. The normalized spacial score (nSPS) is 17.5. The van der Waals surface area contributed by atoms with E-state index in [4.69, 9.17) is 0 Å². The van der Waals surface area contributed by atoms with E-state index in [2.05, 4.69) is 57.7 Å². The molecule has 1 aliphatic rings. The Labute approximate surface area is 163 Å². The van der Waals surface area contributed by atoms with Crippen LogP contribution < -0.4 is 0 Å². The lowest BCUT2D eigenvalue weighted by Gasteiger charge is -2.36. The van der Waals surface area contributed by atoms with Crippen LogP contribution in [0.2, 0.25) is 0 Å². The smallest absolute Gasteiger partial charge is 0.223 e. The van der Waals surface area contributed by atoms with Gasteiger partial charge in [-0.25, -0.2) is 4.98 Å². The Morgan fingerprint density at radius 3 is 2.67 bits per heavy atom. The number of imidazole rings is 1. The van der Waals surface area contributed by atoms with E-state index in [1.807, 2.05) is 19.3 Å². The lowest BCUT2D eigenvalue weighted by molar-refractivity contribution is -0.135. The molecule has 27 heavy (non-hydrogen) atoms. The van der Waals surface area contributed by atoms with Gasteiger partial charge in [0.1, 0.15) is 5.82 Å². The summed E-state index contributed by atoms with van der Waals surface area (Å²) in [5, 5.41) is 0. The number of hydrogen-bond acceptors (Lipinski definition) is 3. The topological polar surface area (TPSA) is 41.4 Å². The molecular formula is C22H32N4O. The highest BCUT2D eigenvalue weighted by Crippen LogP contribution is 2.31. The second-order valence-corrected chi connectivity index (χ2v) is 7.85. The number of aryl methyl sites for hydroxylation is 2. The van der Waals surface area contributed by atoms with Gasteiger partial charge in [-0.2, -0.15) is 0 Å². The van der Waals surface area contributed by atoms with Gasteiger partial charge in [0.05, 0.1) is 6.04 Å². The van der Waals surface area contributed by atoms with Crippen LogP contribution in [0.15, 0.2) is 36.7 Å². The number of hydrogen-bond donors (Lipinski definition) is 0. The van der Waals surface area contributed by atoms with Gasteiger partial charge in [-0.1, -0.05) is 24.3 Å². The van der Waals surface area contributed by atoms with E-state index >= 15 is 0 Å². The van der Waals surface area contributed by atoms with Crippen molar-refractivity contribution in [1.82, 2.24) is 19.4 Å². The summed E-state index contributed by atoms with van der Waals surface area (Å²) in [6.45, 7) is 4.69. The number of piperidine rings is 1. The Bertz CT molecular complexity index is 735. The average molecular weight is 369 g/mol. The Hall–Kier alpha value is -2.14. The van der Waals surface area contributed by atoms with Gasteiger partial charge >= 0.3 is 0 Å². The molecule has 1 aromatic heterocycles. The minimum atomic E-state index is 0.231. The summed E-state index contributed by atoms with van der Waals surface area (Å²) in [7, 11) is 4.17. The summed E-state index contributed by atoms with van der Waals surface area (Å²) < 4.78 is 2.12. The lowest BCUT2D eigenvalue weighted by atomic mass is 9.94. The molecule has 1 saturated heterocycles. The maximum Gasteiger partial charge on any atom is 0.223 e. The molecule has 1 unspecified atom stereocenters. The number of rotatable bonds is 7. The van der Waals surface area contributed by atoms with E-state index in [0.717, 1.165) is 44.7 Å². The Morgan fingerprint density at radius 1 is 1.22 bits per heavy atom. The lowest BCUT2D eigenvalue weighted by Crippen LogP contribution is -2.38. The third-order valence-corrected chi connectivity index (χ3v) is 5.40. The molecule has 5 nitrogen and oxygen atoms in total. The van der Waals surface area contributed by atoms with E-state index in [-0.39, 0.29) is 11.9 Å². The molecule has 3 rings (SSSR count). The third kappa shape index (κ3) is 5.19. The Kier molecular flexibility index (Phi) is 6.67. The predicted octanol–water partition coefficient (Wildman–Crippen LogP) is 3.79. The second kappa shape index (κ2) is 9.18. The first-order chi connectivity index (χ1) is 13.0. The summed E-state index contributed by atoms with van der Waals surface area (Å²) in [4.78, 5) is 21.4.